The number of anilines is 2. The van der Waals surface area contributed by atoms with Gasteiger partial charge in [-0.3, -0.25) is 4.79 Å². The topological polar surface area (TPSA) is 80.9 Å². The molecule has 0 bridgehead atoms. The fraction of sp³-hybridized carbons (Fsp3) is 0.105. The highest BCUT2D eigenvalue weighted by Gasteiger charge is 2.05. The molecular weight excluding hydrogens is 319 g/mol. The lowest BCUT2D eigenvalue weighted by molar-refractivity contribution is -0.116. The normalized spacial score (nSPS) is 10.4. The highest BCUT2D eigenvalue weighted by molar-refractivity contribution is 5.91. The number of nitrogens with two attached hydrogens (primary N) is 1. The molecule has 5 nitrogen and oxygen atoms in total. The molecule has 126 valence electrons. The Labute approximate surface area is 144 Å². The molecule has 0 atom stereocenters. The molecule has 6 heteroatoms. The van der Waals surface area contributed by atoms with Gasteiger partial charge in [0.05, 0.1) is 5.69 Å². The molecule has 1 aromatic heterocycles. The van der Waals surface area contributed by atoms with Gasteiger partial charge in [0.1, 0.15) is 5.82 Å². The largest absolute Gasteiger partial charge is 0.368 e. The first-order valence-electron chi connectivity index (χ1n) is 7.83. The third-order valence-corrected chi connectivity index (χ3v) is 3.67. The number of nitrogens with zero attached hydrogens (tertiary/aromatic N) is 2. The van der Waals surface area contributed by atoms with E-state index in [1.54, 1.807) is 36.5 Å². The monoisotopic (exact) mass is 336 g/mol. The maximum Gasteiger partial charge on any atom is 0.224 e. The van der Waals surface area contributed by atoms with Crippen LogP contribution in [0.4, 0.5) is 16.0 Å². The van der Waals surface area contributed by atoms with Crippen molar-refractivity contribution in [1.29, 1.82) is 0 Å². The number of nitrogens with one attached hydrogen (secondary N) is 1. The smallest absolute Gasteiger partial charge is 0.224 e. The first-order valence-corrected chi connectivity index (χ1v) is 7.83. The molecule has 0 aliphatic carbocycles. The zero-order chi connectivity index (χ0) is 17.6. The molecule has 25 heavy (non-hydrogen) atoms. The second-order valence-corrected chi connectivity index (χ2v) is 5.56. The summed E-state index contributed by atoms with van der Waals surface area (Å²) in [4.78, 5) is 20.0. The molecule has 0 saturated carbocycles. The Hall–Kier alpha value is -3.28. The third kappa shape index (κ3) is 4.60. The summed E-state index contributed by atoms with van der Waals surface area (Å²) in [6.07, 6.45) is 2.37. The number of hydrogen-bond donors (Lipinski definition) is 2. The molecule has 0 fully saturated rings. The Balaban J connectivity index is 1.58. The highest BCUT2D eigenvalue weighted by atomic mass is 19.1. The first kappa shape index (κ1) is 16.6. The number of nitrogen functional groups attached to an aromatic ring is 1. The van der Waals surface area contributed by atoms with E-state index in [1.165, 1.54) is 12.1 Å². The number of amides is 1. The van der Waals surface area contributed by atoms with Gasteiger partial charge < -0.3 is 11.1 Å². The molecule has 0 saturated heterocycles. The van der Waals surface area contributed by atoms with Crippen LogP contribution in [0.5, 0.6) is 0 Å². The fourth-order valence-corrected chi connectivity index (χ4v) is 2.43. The molecule has 3 rings (SSSR count). The predicted molar refractivity (Wildman–Crippen MR) is 95.2 cm³/mol. The predicted octanol–water partition coefficient (Wildman–Crippen LogP) is 3.44. The first-order chi connectivity index (χ1) is 12.1. The molecule has 1 heterocycles. The van der Waals surface area contributed by atoms with Crippen LogP contribution in [0.25, 0.3) is 11.3 Å². The Morgan fingerprint density at radius 1 is 1.12 bits per heavy atom. The van der Waals surface area contributed by atoms with Gasteiger partial charge in [-0.1, -0.05) is 24.3 Å². The number of carbonyl (C=O) groups excluding carboxylic acids is 1. The van der Waals surface area contributed by atoms with Crippen LogP contribution in [-0.2, 0) is 11.2 Å². The van der Waals surface area contributed by atoms with E-state index in [2.05, 4.69) is 15.3 Å². The van der Waals surface area contributed by atoms with Crippen LogP contribution >= 0.6 is 0 Å². The van der Waals surface area contributed by atoms with Crippen molar-refractivity contribution in [2.24, 2.45) is 0 Å². The molecule has 2 aromatic carbocycles. The van der Waals surface area contributed by atoms with E-state index in [-0.39, 0.29) is 24.1 Å². The summed E-state index contributed by atoms with van der Waals surface area (Å²) in [5.41, 5.74) is 8.67. The van der Waals surface area contributed by atoms with E-state index in [9.17, 15) is 9.18 Å². The van der Waals surface area contributed by atoms with E-state index in [4.69, 9.17) is 5.73 Å². The molecule has 0 aliphatic rings. The molecule has 3 N–H and O–H groups in total. The van der Waals surface area contributed by atoms with Crippen molar-refractivity contribution in [3.8, 4) is 11.3 Å². The number of hydrogen-bond acceptors (Lipinski definition) is 4. The number of rotatable bonds is 5. The summed E-state index contributed by atoms with van der Waals surface area (Å²) in [7, 11) is 0. The van der Waals surface area contributed by atoms with Crippen LogP contribution in [0.3, 0.4) is 0 Å². The van der Waals surface area contributed by atoms with Gasteiger partial charge in [0.2, 0.25) is 11.9 Å². The Bertz CT molecular complexity index is 881. The Morgan fingerprint density at radius 3 is 2.64 bits per heavy atom. The van der Waals surface area contributed by atoms with E-state index in [1.807, 2.05) is 12.1 Å². The molecule has 1 amide bonds. The Morgan fingerprint density at radius 2 is 1.92 bits per heavy atom. The van der Waals surface area contributed by atoms with Gasteiger partial charge in [-0.2, -0.15) is 0 Å². The van der Waals surface area contributed by atoms with E-state index >= 15 is 0 Å². The second-order valence-electron chi connectivity index (χ2n) is 5.56. The average Bonchev–Trinajstić information content (AvgIpc) is 2.61. The van der Waals surface area contributed by atoms with E-state index < -0.39 is 0 Å². The van der Waals surface area contributed by atoms with Crippen LogP contribution < -0.4 is 11.1 Å². The molecule has 0 unspecified atom stereocenters. The molecular formula is C19H17FN4O. The highest BCUT2D eigenvalue weighted by Crippen LogP contribution is 2.20. The van der Waals surface area contributed by atoms with Gasteiger partial charge in [0.25, 0.3) is 0 Å². The summed E-state index contributed by atoms with van der Waals surface area (Å²) in [5, 5.41) is 2.83. The van der Waals surface area contributed by atoms with Crippen LogP contribution in [0.2, 0.25) is 0 Å². The maximum atomic E-state index is 13.1. The maximum absolute atomic E-state index is 13.1. The average molecular weight is 336 g/mol. The minimum Gasteiger partial charge on any atom is -0.368 e. The number of aromatic nitrogens is 2. The van der Waals surface area contributed by atoms with Gasteiger partial charge in [-0.25, -0.2) is 14.4 Å². The van der Waals surface area contributed by atoms with Crippen molar-refractivity contribution in [1.82, 2.24) is 9.97 Å². The summed E-state index contributed by atoms with van der Waals surface area (Å²) < 4.78 is 13.1. The van der Waals surface area contributed by atoms with E-state index in [0.29, 0.717) is 12.1 Å². The van der Waals surface area contributed by atoms with Crippen molar-refractivity contribution < 1.29 is 9.18 Å². The third-order valence-electron chi connectivity index (χ3n) is 3.67. The number of carbonyl (C=O) groups is 1. The lowest BCUT2D eigenvalue weighted by Gasteiger charge is -2.07. The zero-order valence-corrected chi connectivity index (χ0v) is 13.4. The standard InChI is InChI=1S/C19H17FN4O/c20-15-3-1-2-13(12-15)4-9-18(25)23-16-7-5-14(6-8-16)17-10-11-22-19(21)24-17/h1-3,5-8,10-12H,4,9H2,(H,23,25)(H2,21,22,24). The van der Waals surface area contributed by atoms with Gasteiger partial charge in [-0.15, -0.1) is 0 Å². The zero-order valence-electron chi connectivity index (χ0n) is 13.4. The summed E-state index contributed by atoms with van der Waals surface area (Å²) in [5.74, 6) is -0.200. The molecule has 0 radical (unpaired) electrons. The van der Waals surface area contributed by atoms with Crippen molar-refractivity contribution in [2.75, 3.05) is 11.1 Å². The van der Waals surface area contributed by atoms with Crippen LogP contribution in [-0.4, -0.2) is 15.9 Å². The number of benzene rings is 2. The Kier molecular flexibility index (Phi) is 4.99. The second kappa shape index (κ2) is 7.53. The molecule has 0 spiro atoms. The van der Waals surface area contributed by atoms with Gasteiger partial charge >= 0.3 is 0 Å². The molecule has 0 aliphatic heterocycles. The number of aryl methyl sites for hydroxylation is 1. The van der Waals surface area contributed by atoms with Crippen LogP contribution in [0.15, 0.2) is 60.8 Å². The minimum absolute atomic E-state index is 0.122. The lowest BCUT2D eigenvalue weighted by Crippen LogP contribution is -2.12. The van der Waals surface area contributed by atoms with Crippen LogP contribution in [0.1, 0.15) is 12.0 Å². The van der Waals surface area contributed by atoms with Crippen molar-refractivity contribution >= 4 is 17.5 Å². The van der Waals surface area contributed by atoms with Crippen molar-refractivity contribution in [3.05, 3.63) is 72.2 Å². The van der Waals surface area contributed by atoms with E-state index in [0.717, 1.165) is 16.8 Å². The molecule has 3 aromatic rings. The summed E-state index contributed by atoms with van der Waals surface area (Å²) in [6, 6.07) is 15.3. The fourth-order valence-electron chi connectivity index (χ4n) is 2.43. The SMILES string of the molecule is Nc1nccc(-c2ccc(NC(=O)CCc3cccc(F)c3)cc2)n1. The van der Waals surface area contributed by atoms with Crippen LogP contribution in [0, 0.1) is 5.82 Å². The lowest BCUT2D eigenvalue weighted by atomic mass is 10.1. The van der Waals surface area contributed by atoms with Crippen molar-refractivity contribution in [2.45, 2.75) is 12.8 Å². The summed E-state index contributed by atoms with van der Waals surface area (Å²) >= 11 is 0. The van der Waals surface area contributed by atoms with Gasteiger partial charge in [0, 0.05) is 23.9 Å². The number of halogens is 1. The minimum atomic E-state index is -0.293. The summed E-state index contributed by atoms with van der Waals surface area (Å²) in [6.45, 7) is 0. The van der Waals surface area contributed by atoms with Gasteiger partial charge in [-0.05, 0) is 42.3 Å². The van der Waals surface area contributed by atoms with Crippen molar-refractivity contribution in [3.63, 3.8) is 0 Å². The quantitative estimate of drug-likeness (QED) is 0.748. The van der Waals surface area contributed by atoms with Gasteiger partial charge in [0.15, 0.2) is 0 Å².